The van der Waals surface area contributed by atoms with Crippen LogP contribution in [0.3, 0.4) is 0 Å². The summed E-state index contributed by atoms with van der Waals surface area (Å²) in [6.45, 7) is 9.76. The van der Waals surface area contributed by atoms with Gasteiger partial charge < -0.3 is 15.7 Å². The third kappa shape index (κ3) is 5.08. The first-order valence-corrected chi connectivity index (χ1v) is 9.14. The molecule has 0 bridgehead atoms. The summed E-state index contributed by atoms with van der Waals surface area (Å²) in [6, 6.07) is 9.63. The Morgan fingerprint density at radius 2 is 1.92 bits per heavy atom. The SMILES string of the molecule is CCNC(=NCC(C)(O)c1ccccc1)NCCc1c(C)nn(C)c1C. The Hall–Kier alpha value is -2.34. The Bertz CT molecular complexity index is 734. The highest BCUT2D eigenvalue weighted by Crippen LogP contribution is 2.20. The topological polar surface area (TPSA) is 74.5 Å². The lowest BCUT2D eigenvalue weighted by molar-refractivity contribution is 0.0672. The highest BCUT2D eigenvalue weighted by Gasteiger charge is 2.22. The smallest absolute Gasteiger partial charge is 0.191 e. The van der Waals surface area contributed by atoms with Gasteiger partial charge in [-0.15, -0.1) is 0 Å². The lowest BCUT2D eigenvalue weighted by Crippen LogP contribution is -2.39. The molecule has 0 aliphatic carbocycles. The zero-order chi connectivity index (χ0) is 19.2. The molecule has 0 saturated heterocycles. The Morgan fingerprint density at radius 3 is 2.50 bits per heavy atom. The van der Waals surface area contributed by atoms with Crippen LogP contribution in [0.1, 0.15) is 36.4 Å². The molecule has 1 aromatic carbocycles. The molecule has 2 aromatic rings. The first-order valence-electron chi connectivity index (χ1n) is 9.14. The molecular formula is C20H31N5O. The van der Waals surface area contributed by atoms with E-state index in [4.69, 9.17) is 0 Å². The third-order valence-corrected chi connectivity index (χ3v) is 4.61. The predicted molar refractivity (Wildman–Crippen MR) is 106 cm³/mol. The minimum absolute atomic E-state index is 0.289. The average Bonchev–Trinajstić information content (AvgIpc) is 2.86. The number of aliphatic hydroxyl groups is 1. The molecule has 3 N–H and O–H groups in total. The number of nitrogens with one attached hydrogen (secondary N) is 2. The monoisotopic (exact) mass is 357 g/mol. The Balaban J connectivity index is 1.98. The summed E-state index contributed by atoms with van der Waals surface area (Å²) >= 11 is 0. The van der Waals surface area contributed by atoms with E-state index in [-0.39, 0.29) is 6.54 Å². The quantitative estimate of drug-likeness (QED) is 0.524. The normalized spacial score (nSPS) is 14.2. The van der Waals surface area contributed by atoms with Crippen LogP contribution in [0.5, 0.6) is 0 Å². The summed E-state index contributed by atoms with van der Waals surface area (Å²) in [6.07, 6.45) is 0.880. The van der Waals surface area contributed by atoms with Crippen LogP contribution in [-0.4, -0.2) is 40.5 Å². The van der Waals surface area contributed by atoms with Gasteiger partial charge in [-0.1, -0.05) is 30.3 Å². The minimum Gasteiger partial charge on any atom is -0.384 e. The molecule has 0 aliphatic rings. The molecule has 0 amide bonds. The summed E-state index contributed by atoms with van der Waals surface area (Å²) in [5.74, 6) is 0.711. The summed E-state index contributed by atoms with van der Waals surface area (Å²) in [5.41, 5.74) is 3.40. The molecule has 0 radical (unpaired) electrons. The molecule has 1 unspecified atom stereocenters. The number of nitrogens with zero attached hydrogens (tertiary/aromatic N) is 3. The van der Waals surface area contributed by atoms with Gasteiger partial charge in [-0.05, 0) is 45.2 Å². The molecule has 0 aliphatic heterocycles. The van der Waals surface area contributed by atoms with Crippen molar-refractivity contribution in [3.63, 3.8) is 0 Å². The van der Waals surface area contributed by atoms with Crippen molar-refractivity contribution in [1.82, 2.24) is 20.4 Å². The molecule has 26 heavy (non-hydrogen) atoms. The van der Waals surface area contributed by atoms with Crippen molar-refractivity contribution < 1.29 is 5.11 Å². The standard InChI is InChI=1S/C20H31N5O/c1-6-21-19(22-13-12-18-15(2)24-25(5)16(18)3)23-14-20(4,26)17-10-8-7-9-11-17/h7-11,26H,6,12-14H2,1-5H3,(H2,21,22,23). The second kappa shape index (κ2) is 8.85. The fourth-order valence-electron chi connectivity index (χ4n) is 2.95. The molecule has 6 nitrogen and oxygen atoms in total. The maximum absolute atomic E-state index is 10.7. The summed E-state index contributed by atoms with van der Waals surface area (Å²) in [5, 5.41) is 21.7. The van der Waals surface area contributed by atoms with Crippen LogP contribution in [0.4, 0.5) is 0 Å². The zero-order valence-corrected chi connectivity index (χ0v) is 16.5. The van der Waals surface area contributed by atoms with Crippen molar-refractivity contribution >= 4 is 5.96 Å². The molecule has 142 valence electrons. The van der Waals surface area contributed by atoms with E-state index >= 15 is 0 Å². The molecule has 0 saturated carbocycles. The van der Waals surface area contributed by atoms with Gasteiger partial charge in [0, 0.05) is 25.8 Å². The third-order valence-electron chi connectivity index (χ3n) is 4.61. The summed E-state index contributed by atoms with van der Waals surface area (Å²) in [4.78, 5) is 4.57. The van der Waals surface area contributed by atoms with Gasteiger partial charge in [0.2, 0.25) is 0 Å². The minimum atomic E-state index is -1.000. The van der Waals surface area contributed by atoms with Crippen LogP contribution >= 0.6 is 0 Å². The predicted octanol–water partition coefficient (Wildman–Crippen LogP) is 2.04. The maximum Gasteiger partial charge on any atom is 0.191 e. The van der Waals surface area contributed by atoms with Crippen molar-refractivity contribution in [3.8, 4) is 0 Å². The molecule has 2 rings (SSSR count). The number of aromatic nitrogens is 2. The molecule has 1 atom stereocenters. The van der Waals surface area contributed by atoms with E-state index < -0.39 is 5.60 Å². The molecule has 1 heterocycles. The van der Waals surface area contributed by atoms with Crippen molar-refractivity contribution in [1.29, 1.82) is 0 Å². The van der Waals surface area contributed by atoms with Crippen LogP contribution in [0.25, 0.3) is 0 Å². The van der Waals surface area contributed by atoms with E-state index in [2.05, 4.69) is 27.6 Å². The van der Waals surface area contributed by atoms with Gasteiger partial charge in [0.25, 0.3) is 0 Å². The number of hydrogen-bond acceptors (Lipinski definition) is 3. The van der Waals surface area contributed by atoms with E-state index in [9.17, 15) is 5.11 Å². The van der Waals surface area contributed by atoms with Crippen molar-refractivity contribution in [2.45, 2.75) is 39.7 Å². The van der Waals surface area contributed by atoms with E-state index in [1.54, 1.807) is 6.92 Å². The zero-order valence-electron chi connectivity index (χ0n) is 16.5. The lowest BCUT2D eigenvalue weighted by atomic mass is 9.96. The maximum atomic E-state index is 10.7. The van der Waals surface area contributed by atoms with Crippen LogP contribution in [0.2, 0.25) is 0 Å². The first-order chi connectivity index (χ1) is 12.3. The second-order valence-corrected chi connectivity index (χ2v) is 6.78. The Kier molecular flexibility index (Phi) is 6.80. The van der Waals surface area contributed by atoms with Gasteiger partial charge in [0.1, 0.15) is 5.60 Å². The number of hydrogen-bond donors (Lipinski definition) is 3. The molecule has 1 aromatic heterocycles. The van der Waals surface area contributed by atoms with Crippen LogP contribution in [0.15, 0.2) is 35.3 Å². The number of rotatable bonds is 7. The van der Waals surface area contributed by atoms with Crippen molar-refractivity contribution in [3.05, 3.63) is 52.8 Å². The largest absolute Gasteiger partial charge is 0.384 e. The van der Waals surface area contributed by atoms with Gasteiger partial charge >= 0.3 is 0 Å². The number of guanidine groups is 1. The van der Waals surface area contributed by atoms with Gasteiger partial charge in [-0.2, -0.15) is 5.10 Å². The average molecular weight is 358 g/mol. The molecular weight excluding hydrogens is 326 g/mol. The number of aryl methyl sites for hydroxylation is 2. The number of aliphatic imine (C=N–C) groups is 1. The lowest BCUT2D eigenvalue weighted by Gasteiger charge is -2.22. The highest BCUT2D eigenvalue weighted by molar-refractivity contribution is 5.79. The Morgan fingerprint density at radius 1 is 1.23 bits per heavy atom. The number of benzene rings is 1. The summed E-state index contributed by atoms with van der Waals surface area (Å²) < 4.78 is 1.92. The van der Waals surface area contributed by atoms with Gasteiger partial charge in [0.15, 0.2) is 5.96 Å². The van der Waals surface area contributed by atoms with Crippen LogP contribution < -0.4 is 10.6 Å². The fraction of sp³-hybridized carbons (Fsp3) is 0.500. The molecule has 0 spiro atoms. The van der Waals surface area contributed by atoms with E-state index in [1.165, 1.54) is 11.3 Å². The van der Waals surface area contributed by atoms with Gasteiger partial charge in [-0.25, -0.2) is 4.99 Å². The highest BCUT2D eigenvalue weighted by atomic mass is 16.3. The van der Waals surface area contributed by atoms with Crippen molar-refractivity contribution in [2.24, 2.45) is 12.0 Å². The van der Waals surface area contributed by atoms with Crippen LogP contribution in [-0.2, 0) is 19.1 Å². The van der Waals surface area contributed by atoms with Crippen molar-refractivity contribution in [2.75, 3.05) is 19.6 Å². The van der Waals surface area contributed by atoms with E-state index in [1.807, 2.05) is 55.9 Å². The summed E-state index contributed by atoms with van der Waals surface area (Å²) in [7, 11) is 1.97. The molecule has 0 fully saturated rings. The van der Waals surface area contributed by atoms with Gasteiger partial charge in [-0.3, -0.25) is 4.68 Å². The van der Waals surface area contributed by atoms with Crippen LogP contribution in [0, 0.1) is 13.8 Å². The second-order valence-electron chi connectivity index (χ2n) is 6.78. The van der Waals surface area contributed by atoms with Gasteiger partial charge in [0.05, 0.1) is 12.2 Å². The van der Waals surface area contributed by atoms with E-state index in [0.717, 1.165) is 30.8 Å². The molecule has 6 heteroatoms. The van der Waals surface area contributed by atoms with E-state index in [0.29, 0.717) is 5.96 Å². The fourth-order valence-corrected chi connectivity index (χ4v) is 2.95. The first kappa shape index (κ1) is 20.0. The Labute approximate surface area is 156 Å².